The van der Waals surface area contributed by atoms with Crippen molar-refractivity contribution in [2.45, 2.75) is 45.9 Å². The summed E-state index contributed by atoms with van der Waals surface area (Å²) in [5.74, 6) is 1.73. The summed E-state index contributed by atoms with van der Waals surface area (Å²) in [6, 6.07) is 3.00. The largest absolute Gasteiger partial charge is 0.467 e. The molecule has 1 aliphatic rings. The number of rotatable bonds is 6. The van der Waals surface area contributed by atoms with Crippen molar-refractivity contribution >= 4 is 5.69 Å². The third-order valence-corrected chi connectivity index (χ3v) is 4.03. The van der Waals surface area contributed by atoms with Crippen LogP contribution in [0.15, 0.2) is 16.7 Å². The number of non-ortho nitro benzene ring substituents is 1. The number of aromatic nitrogens is 2. The fraction of sp³-hybridized carbons (Fsp3) is 0.500. The van der Waals surface area contributed by atoms with Gasteiger partial charge in [-0.15, -0.1) is 0 Å². The van der Waals surface area contributed by atoms with Crippen LogP contribution in [0.5, 0.6) is 5.75 Å². The van der Waals surface area contributed by atoms with Crippen LogP contribution in [-0.2, 0) is 29.8 Å². The standard InChI is InChI=1S/C16H20N4O5/c1-4-13-18-15(19-25-13)16(2,3)17-7-10-5-12(20(21)22)6-11-8-23-9-24-14(10)11/h5-6,17H,4,7-9H2,1-3H3. The van der Waals surface area contributed by atoms with Gasteiger partial charge in [-0.3, -0.25) is 10.1 Å². The van der Waals surface area contributed by atoms with Crippen molar-refractivity contribution in [3.63, 3.8) is 0 Å². The average Bonchev–Trinajstić information content (AvgIpc) is 3.09. The Kier molecular flexibility index (Phi) is 4.69. The fourth-order valence-corrected chi connectivity index (χ4v) is 2.57. The van der Waals surface area contributed by atoms with Gasteiger partial charge in [0.15, 0.2) is 12.6 Å². The van der Waals surface area contributed by atoms with Crippen LogP contribution in [-0.4, -0.2) is 21.9 Å². The first-order chi connectivity index (χ1) is 11.9. The summed E-state index contributed by atoms with van der Waals surface area (Å²) in [5.41, 5.74) is 0.803. The lowest BCUT2D eigenvalue weighted by Gasteiger charge is -2.25. The number of fused-ring (bicyclic) bond motifs is 1. The number of aryl methyl sites for hydroxylation is 1. The van der Waals surface area contributed by atoms with Crippen molar-refractivity contribution in [3.05, 3.63) is 45.1 Å². The van der Waals surface area contributed by atoms with E-state index in [4.69, 9.17) is 14.0 Å². The molecule has 0 bridgehead atoms. The predicted octanol–water partition coefficient (Wildman–Crippen LogP) is 2.43. The summed E-state index contributed by atoms with van der Waals surface area (Å²) in [6.45, 7) is 6.56. The second-order valence-corrected chi connectivity index (χ2v) is 6.30. The van der Waals surface area contributed by atoms with Gasteiger partial charge >= 0.3 is 0 Å². The van der Waals surface area contributed by atoms with Crippen molar-refractivity contribution in [3.8, 4) is 5.75 Å². The van der Waals surface area contributed by atoms with E-state index in [1.807, 2.05) is 20.8 Å². The minimum Gasteiger partial charge on any atom is -0.467 e. The molecule has 9 nitrogen and oxygen atoms in total. The van der Waals surface area contributed by atoms with Gasteiger partial charge in [0.2, 0.25) is 5.89 Å². The Morgan fingerprint density at radius 1 is 1.40 bits per heavy atom. The van der Waals surface area contributed by atoms with E-state index in [0.29, 0.717) is 41.6 Å². The van der Waals surface area contributed by atoms with E-state index in [2.05, 4.69) is 15.5 Å². The summed E-state index contributed by atoms with van der Waals surface area (Å²) < 4.78 is 15.9. The zero-order valence-corrected chi connectivity index (χ0v) is 14.4. The van der Waals surface area contributed by atoms with Crippen LogP contribution >= 0.6 is 0 Å². The first kappa shape index (κ1) is 17.3. The normalized spacial score (nSPS) is 14.0. The lowest BCUT2D eigenvalue weighted by atomic mass is 10.0. The van der Waals surface area contributed by atoms with Crippen molar-refractivity contribution in [2.24, 2.45) is 0 Å². The Morgan fingerprint density at radius 2 is 2.20 bits per heavy atom. The summed E-state index contributed by atoms with van der Waals surface area (Å²) >= 11 is 0. The Labute approximate surface area is 144 Å². The zero-order chi connectivity index (χ0) is 18.0. The number of nitro benzene ring substituents is 1. The van der Waals surface area contributed by atoms with Gasteiger partial charge in [0.05, 0.1) is 17.1 Å². The Bertz CT molecular complexity index is 787. The van der Waals surface area contributed by atoms with Crippen LogP contribution in [0.4, 0.5) is 5.69 Å². The molecule has 2 heterocycles. The molecule has 0 amide bonds. The molecule has 2 aromatic rings. The molecule has 1 aromatic carbocycles. The molecule has 1 N–H and O–H groups in total. The molecule has 0 saturated heterocycles. The van der Waals surface area contributed by atoms with Gasteiger partial charge in [-0.05, 0) is 13.8 Å². The Hall–Kier alpha value is -2.52. The highest BCUT2D eigenvalue weighted by molar-refractivity contribution is 5.50. The topological polar surface area (TPSA) is 113 Å². The van der Waals surface area contributed by atoms with Crippen LogP contribution < -0.4 is 10.1 Å². The van der Waals surface area contributed by atoms with E-state index in [1.165, 1.54) is 12.1 Å². The van der Waals surface area contributed by atoms with Crippen LogP contribution in [0, 0.1) is 10.1 Å². The molecule has 0 aliphatic carbocycles. The van der Waals surface area contributed by atoms with Crippen molar-refractivity contribution < 1.29 is 18.9 Å². The maximum Gasteiger partial charge on any atom is 0.270 e. The number of nitrogens with one attached hydrogen (secondary N) is 1. The molecule has 1 aromatic heterocycles. The third-order valence-electron chi connectivity index (χ3n) is 4.03. The van der Waals surface area contributed by atoms with Gasteiger partial charge in [-0.25, -0.2) is 0 Å². The number of hydrogen-bond acceptors (Lipinski definition) is 8. The lowest BCUT2D eigenvalue weighted by Crippen LogP contribution is -2.37. The summed E-state index contributed by atoms with van der Waals surface area (Å²) in [5, 5.41) is 18.5. The molecule has 0 saturated carbocycles. The third kappa shape index (κ3) is 3.62. The summed E-state index contributed by atoms with van der Waals surface area (Å²) in [7, 11) is 0. The van der Waals surface area contributed by atoms with E-state index in [-0.39, 0.29) is 19.1 Å². The first-order valence-electron chi connectivity index (χ1n) is 7.99. The lowest BCUT2D eigenvalue weighted by molar-refractivity contribution is -0.385. The van der Waals surface area contributed by atoms with Gasteiger partial charge in [-0.1, -0.05) is 12.1 Å². The summed E-state index contributed by atoms with van der Waals surface area (Å²) in [6.07, 6.45) is 0.662. The molecule has 0 fully saturated rings. The van der Waals surface area contributed by atoms with Crippen molar-refractivity contribution in [2.75, 3.05) is 6.79 Å². The Balaban J connectivity index is 1.84. The van der Waals surface area contributed by atoms with Crippen LogP contribution in [0.1, 0.15) is 43.6 Å². The van der Waals surface area contributed by atoms with Gasteiger partial charge in [-0.2, -0.15) is 4.98 Å². The highest BCUT2D eigenvalue weighted by atomic mass is 16.7. The average molecular weight is 348 g/mol. The number of ether oxygens (including phenoxy) is 2. The van der Waals surface area contributed by atoms with Crippen molar-refractivity contribution in [1.82, 2.24) is 15.5 Å². The van der Waals surface area contributed by atoms with E-state index < -0.39 is 10.5 Å². The van der Waals surface area contributed by atoms with E-state index >= 15 is 0 Å². The number of benzene rings is 1. The van der Waals surface area contributed by atoms with Gasteiger partial charge in [0, 0.05) is 36.2 Å². The predicted molar refractivity (Wildman–Crippen MR) is 86.9 cm³/mol. The molecular weight excluding hydrogens is 328 g/mol. The second kappa shape index (κ2) is 6.77. The molecule has 0 atom stereocenters. The summed E-state index contributed by atoms with van der Waals surface area (Å²) in [4.78, 5) is 15.1. The molecule has 1 aliphatic heterocycles. The maximum absolute atomic E-state index is 11.2. The monoisotopic (exact) mass is 348 g/mol. The van der Waals surface area contributed by atoms with E-state index in [9.17, 15) is 10.1 Å². The minimum atomic E-state index is -0.570. The molecule has 25 heavy (non-hydrogen) atoms. The molecule has 0 spiro atoms. The van der Waals surface area contributed by atoms with Crippen molar-refractivity contribution in [1.29, 1.82) is 0 Å². The smallest absolute Gasteiger partial charge is 0.270 e. The molecule has 0 unspecified atom stereocenters. The molecule has 3 rings (SSSR count). The highest BCUT2D eigenvalue weighted by Gasteiger charge is 2.28. The second-order valence-electron chi connectivity index (χ2n) is 6.30. The zero-order valence-electron chi connectivity index (χ0n) is 14.4. The van der Waals surface area contributed by atoms with Crippen LogP contribution in [0.3, 0.4) is 0 Å². The first-order valence-corrected chi connectivity index (χ1v) is 7.99. The van der Waals surface area contributed by atoms with Crippen LogP contribution in [0.2, 0.25) is 0 Å². The van der Waals surface area contributed by atoms with Gasteiger partial charge < -0.3 is 19.3 Å². The molecule has 0 radical (unpaired) electrons. The van der Waals surface area contributed by atoms with Gasteiger partial charge in [0.25, 0.3) is 5.69 Å². The number of hydrogen-bond donors (Lipinski definition) is 1. The van der Waals surface area contributed by atoms with E-state index in [1.54, 1.807) is 0 Å². The highest BCUT2D eigenvalue weighted by Crippen LogP contribution is 2.33. The quantitative estimate of drug-likeness (QED) is 0.625. The van der Waals surface area contributed by atoms with Crippen LogP contribution in [0.25, 0.3) is 0 Å². The fourth-order valence-electron chi connectivity index (χ4n) is 2.57. The molecule has 134 valence electrons. The van der Waals surface area contributed by atoms with E-state index in [0.717, 1.165) is 0 Å². The molecular formula is C16H20N4O5. The minimum absolute atomic E-state index is 0.00952. The molecule has 9 heteroatoms. The number of nitrogens with zero attached hydrogens (tertiary/aromatic N) is 3. The van der Waals surface area contributed by atoms with Gasteiger partial charge in [0.1, 0.15) is 5.75 Å². The Morgan fingerprint density at radius 3 is 2.88 bits per heavy atom. The number of nitro groups is 1. The SMILES string of the molecule is CCc1nc(C(C)(C)NCc2cc([N+](=O)[O-])cc3c2OCOC3)no1. The maximum atomic E-state index is 11.2.